The second-order valence-electron chi connectivity index (χ2n) is 6.96. The van der Waals surface area contributed by atoms with Gasteiger partial charge < -0.3 is 15.0 Å². The lowest BCUT2D eigenvalue weighted by Gasteiger charge is -2.38. The van der Waals surface area contributed by atoms with E-state index in [2.05, 4.69) is 20.3 Å². The minimum Gasteiger partial charge on any atom is -0.432 e. The molecule has 1 fully saturated rings. The maximum atomic E-state index is 13.2. The summed E-state index contributed by atoms with van der Waals surface area (Å²) < 4.78 is 81.9. The van der Waals surface area contributed by atoms with E-state index in [-0.39, 0.29) is 5.92 Å². The third kappa shape index (κ3) is 4.31. The number of aromatic nitrogens is 3. The average Bonchev–Trinajstić information content (AvgIpc) is 3.05. The second kappa shape index (κ2) is 7.46. The van der Waals surface area contributed by atoms with E-state index in [4.69, 9.17) is 0 Å². The zero-order valence-corrected chi connectivity index (χ0v) is 15.0. The molecule has 2 aliphatic heterocycles. The molecule has 0 saturated carbocycles. The Morgan fingerprint density at radius 2 is 1.86 bits per heavy atom. The summed E-state index contributed by atoms with van der Waals surface area (Å²) in [6.45, 7) is 1.84. The van der Waals surface area contributed by atoms with Crippen molar-refractivity contribution in [2.45, 2.75) is 38.5 Å². The molecular weight excluding hydrogens is 412 g/mol. The van der Waals surface area contributed by atoms with Gasteiger partial charge >= 0.3 is 18.3 Å². The van der Waals surface area contributed by atoms with Gasteiger partial charge in [-0.1, -0.05) is 6.92 Å². The Hall–Kier alpha value is -2.38. The number of halogens is 6. The van der Waals surface area contributed by atoms with Crippen LogP contribution in [0, 0.1) is 11.8 Å². The molecule has 1 aromatic rings. The predicted octanol–water partition coefficient (Wildman–Crippen LogP) is 1.49. The van der Waals surface area contributed by atoms with Crippen LogP contribution in [0.3, 0.4) is 0 Å². The molecule has 8 nitrogen and oxygen atoms in total. The molecule has 0 spiro atoms. The number of hydrogen-bond donors (Lipinski definition) is 1. The van der Waals surface area contributed by atoms with Crippen molar-refractivity contribution in [2.24, 2.45) is 11.8 Å². The number of nitrogens with zero attached hydrogens (tertiary/aromatic N) is 4. The molecule has 0 aromatic carbocycles. The summed E-state index contributed by atoms with van der Waals surface area (Å²) in [5, 5.41) is 9.42. The zero-order valence-electron chi connectivity index (χ0n) is 15.0. The number of fused-ring (bicyclic) bond motifs is 1. The largest absolute Gasteiger partial charge is 0.491 e. The van der Waals surface area contributed by atoms with E-state index in [0.717, 1.165) is 4.90 Å². The summed E-state index contributed by atoms with van der Waals surface area (Å²) in [4.78, 5) is 25.2. The molecule has 0 radical (unpaired) electrons. The van der Waals surface area contributed by atoms with E-state index in [1.54, 1.807) is 0 Å². The third-order valence-corrected chi connectivity index (χ3v) is 4.91. The molecule has 1 unspecified atom stereocenters. The highest BCUT2D eigenvalue weighted by molar-refractivity contribution is 5.79. The highest BCUT2D eigenvalue weighted by Crippen LogP contribution is 2.35. The van der Waals surface area contributed by atoms with Crippen LogP contribution < -0.4 is 5.32 Å². The first-order valence-electron chi connectivity index (χ1n) is 8.68. The molecule has 3 rings (SSSR count). The van der Waals surface area contributed by atoms with Crippen LogP contribution in [0.25, 0.3) is 0 Å². The van der Waals surface area contributed by atoms with Gasteiger partial charge in [0.2, 0.25) is 11.7 Å². The van der Waals surface area contributed by atoms with E-state index >= 15 is 0 Å². The monoisotopic (exact) mass is 429 g/mol. The van der Waals surface area contributed by atoms with Gasteiger partial charge in [-0.05, 0) is 25.4 Å². The maximum Gasteiger partial charge on any atom is 0.491 e. The Balaban J connectivity index is 1.92. The summed E-state index contributed by atoms with van der Waals surface area (Å²) in [6.07, 6.45) is -12.0. The number of piperidine rings is 1. The summed E-state index contributed by atoms with van der Waals surface area (Å²) in [5.74, 6) is -5.69. The van der Waals surface area contributed by atoms with Gasteiger partial charge in [-0.15, -0.1) is 10.2 Å². The van der Waals surface area contributed by atoms with Crippen LogP contribution in [-0.4, -0.2) is 57.4 Å². The quantitative estimate of drug-likeness (QED) is 0.566. The lowest BCUT2D eigenvalue weighted by molar-refractivity contribution is -0.213. The molecule has 3 heterocycles. The first-order chi connectivity index (χ1) is 13.4. The summed E-state index contributed by atoms with van der Waals surface area (Å²) in [5.41, 5.74) is 0. The summed E-state index contributed by atoms with van der Waals surface area (Å²) >= 11 is 0. The van der Waals surface area contributed by atoms with Gasteiger partial charge in [-0.3, -0.25) is 9.36 Å². The van der Waals surface area contributed by atoms with Gasteiger partial charge in [0, 0.05) is 5.92 Å². The van der Waals surface area contributed by atoms with Crippen LogP contribution in [-0.2, 0) is 27.0 Å². The minimum atomic E-state index is -5.41. The molecule has 1 N–H and O–H groups in total. The van der Waals surface area contributed by atoms with E-state index in [1.807, 2.05) is 6.92 Å². The molecule has 0 bridgehead atoms. The van der Waals surface area contributed by atoms with Crippen molar-refractivity contribution in [2.75, 3.05) is 19.6 Å². The van der Waals surface area contributed by atoms with Crippen molar-refractivity contribution in [3.8, 4) is 0 Å². The number of amides is 1. The summed E-state index contributed by atoms with van der Waals surface area (Å²) in [7, 11) is 0. The van der Waals surface area contributed by atoms with Crippen LogP contribution >= 0.6 is 0 Å². The van der Waals surface area contributed by atoms with Crippen molar-refractivity contribution >= 4 is 11.9 Å². The molecule has 29 heavy (non-hydrogen) atoms. The van der Waals surface area contributed by atoms with Gasteiger partial charge in [0.1, 0.15) is 0 Å². The number of carbonyl (C=O) groups excluding carboxylic acids is 2. The number of carbonyl (C=O) groups is 2. The molecule has 3 atom stereocenters. The van der Waals surface area contributed by atoms with Crippen molar-refractivity contribution < 1.29 is 40.7 Å². The lowest BCUT2D eigenvalue weighted by atomic mass is 9.86. The van der Waals surface area contributed by atoms with Crippen LogP contribution in [0.1, 0.15) is 31.2 Å². The zero-order chi connectivity index (χ0) is 21.6. The Kier molecular flexibility index (Phi) is 5.49. The standard InChI is InChI=1S/C15H17F6N5O3/c1-7-4-22-3-2-8(7)11(27)25-5-9-23-24-12(14(16,17)18)26(9)10(6-25)29-13(28)15(19,20)21/h7-8,10,22H,2-6H2,1H3/t7-,8+,10?/m1/s1. The van der Waals surface area contributed by atoms with Gasteiger partial charge in [0.25, 0.3) is 0 Å². The predicted molar refractivity (Wildman–Crippen MR) is 81.8 cm³/mol. The van der Waals surface area contributed by atoms with E-state index in [9.17, 15) is 35.9 Å². The van der Waals surface area contributed by atoms with Crippen molar-refractivity contribution in [3.63, 3.8) is 0 Å². The van der Waals surface area contributed by atoms with E-state index in [0.29, 0.717) is 24.1 Å². The Bertz CT molecular complexity index is 792. The number of ether oxygens (including phenoxy) is 1. The van der Waals surface area contributed by atoms with Crippen LogP contribution in [0.15, 0.2) is 0 Å². The van der Waals surface area contributed by atoms with Crippen LogP contribution in [0.4, 0.5) is 26.3 Å². The smallest absolute Gasteiger partial charge is 0.432 e. The van der Waals surface area contributed by atoms with E-state index in [1.165, 1.54) is 0 Å². The number of alkyl halides is 6. The molecule has 1 aromatic heterocycles. The first kappa shape index (κ1) is 21.3. The molecule has 162 valence electrons. The van der Waals surface area contributed by atoms with Gasteiger partial charge in [-0.2, -0.15) is 26.3 Å². The number of rotatable bonds is 2. The highest BCUT2D eigenvalue weighted by atomic mass is 19.4. The number of esters is 1. The molecule has 1 saturated heterocycles. The van der Waals surface area contributed by atoms with Crippen molar-refractivity contribution in [3.05, 3.63) is 11.6 Å². The molecular formula is C15H17F6N5O3. The molecule has 0 aliphatic carbocycles. The highest BCUT2D eigenvalue weighted by Gasteiger charge is 2.48. The normalized spacial score (nSPS) is 25.5. The van der Waals surface area contributed by atoms with Crippen molar-refractivity contribution in [1.29, 1.82) is 0 Å². The fraction of sp³-hybridized carbons (Fsp3) is 0.733. The first-order valence-corrected chi connectivity index (χ1v) is 8.68. The number of nitrogens with one attached hydrogen (secondary N) is 1. The van der Waals surface area contributed by atoms with Gasteiger partial charge in [-0.25, -0.2) is 4.79 Å². The molecule has 14 heteroatoms. The topological polar surface area (TPSA) is 89.3 Å². The summed E-state index contributed by atoms with van der Waals surface area (Å²) in [6, 6.07) is 0. The average molecular weight is 429 g/mol. The van der Waals surface area contributed by atoms with Crippen LogP contribution in [0.5, 0.6) is 0 Å². The minimum absolute atomic E-state index is 0.0852. The maximum absolute atomic E-state index is 13.2. The third-order valence-electron chi connectivity index (χ3n) is 4.91. The Labute approximate surface area is 160 Å². The molecule has 2 aliphatic rings. The number of hydrogen-bond acceptors (Lipinski definition) is 6. The Morgan fingerprint density at radius 3 is 2.45 bits per heavy atom. The fourth-order valence-electron chi connectivity index (χ4n) is 3.50. The Morgan fingerprint density at radius 1 is 1.17 bits per heavy atom. The van der Waals surface area contributed by atoms with Crippen molar-refractivity contribution in [1.82, 2.24) is 25.0 Å². The van der Waals surface area contributed by atoms with Crippen LogP contribution in [0.2, 0.25) is 0 Å². The van der Waals surface area contributed by atoms with E-state index < -0.39 is 61.1 Å². The second-order valence-corrected chi connectivity index (χ2v) is 6.96. The van der Waals surface area contributed by atoms with Gasteiger partial charge in [0.15, 0.2) is 12.1 Å². The lowest BCUT2D eigenvalue weighted by Crippen LogP contribution is -2.50. The SMILES string of the molecule is C[C@@H]1CNCC[C@@H]1C(=O)N1Cc2nnc(C(F)(F)F)n2C(OC(=O)C(F)(F)F)C1. The van der Waals surface area contributed by atoms with Gasteiger partial charge in [0.05, 0.1) is 13.1 Å². The fourth-order valence-corrected chi connectivity index (χ4v) is 3.50. The molecule has 1 amide bonds.